The van der Waals surface area contributed by atoms with Crippen LogP contribution >= 0.6 is 23.8 Å². The van der Waals surface area contributed by atoms with Gasteiger partial charge in [0.25, 0.3) is 5.91 Å². The van der Waals surface area contributed by atoms with Gasteiger partial charge in [-0.25, -0.2) is 4.98 Å². The molecular formula is C18H14ClFN4O3S. The summed E-state index contributed by atoms with van der Waals surface area (Å²) >= 11 is 11.8. The van der Waals surface area contributed by atoms with Crippen LogP contribution in [-0.4, -0.2) is 31.7 Å². The second-order valence-electron chi connectivity index (χ2n) is 6.06. The number of carbonyl (C=O) groups is 1. The third-order valence-corrected chi connectivity index (χ3v) is 5.02. The molecule has 2 N–H and O–H groups in total. The van der Waals surface area contributed by atoms with Gasteiger partial charge in [-0.2, -0.15) is 4.39 Å². The Bertz CT molecular complexity index is 1140. The molecule has 1 aliphatic heterocycles. The summed E-state index contributed by atoms with van der Waals surface area (Å²) in [6, 6.07) is 8.70. The van der Waals surface area contributed by atoms with Crippen molar-refractivity contribution in [3.63, 3.8) is 0 Å². The molecule has 28 heavy (non-hydrogen) atoms. The minimum Gasteiger partial charge on any atom is -0.493 e. The highest BCUT2D eigenvalue weighted by Crippen LogP contribution is 2.32. The Morgan fingerprint density at radius 1 is 1.36 bits per heavy atom. The molecular weight excluding hydrogens is 407 g/mol. The molecule has 7 nitrogen and oxygen atoms in total. The quantitative estimate of drug-likeness (QED) is 0.499. The largest absolute Gasteiger partial charge is 0.493 e. The van der Waals surface area contributed by atoms with Crippen LogP contribution in [0.2, 0.25) is 5.02 Å². The first-order chi connectivity index (χ1) is 13.5. The average molecular weight is 421 g/mol. The molecule has 10 heteroatoms. The number of nitrogens with one attached hydrogen (secondary N) is 1. The molecule has 0 unspecified atom stereocenters. The Kier molecular flexibility index (Phi) is 4.88. The van der Waals surface area contributed by atoms with Crippen molar-refractivity contribution in [1.82, 2.24) is 14.1 Å². The van der Waals surface area contributed by atoms with Crippen molar-refractivity contribution in [3.05, 3.63) is 63.5 Å². The minimum absolute atomic E-state index is 0.0349. The molecule has 3 heterocycles. The fraction of sp³-hybridized carbons (Fsp3) is 0.167. The monoisotopic (exact) mass is 420 g/mol. The van der Waals surface area contributed by atoms with E-state index in [-0.39, 0.29) is 23.2 Å². The maximum atomic E-state index is 13.2. The van der Waals surface area contributed by atoms with E-state index in [1.54, 1.807) is 16.7 Å². The van der Waals surface area contributed by atoms with E-state index in [4.69, 9.17) is 28.6 Å². The molecule has 3 aromatic rings. The van der Waals surface area contributed by atoms with Gasteiger partial charge in [-0.05, 0) is 42.5 Å². The number of imidazole rings is 1. The predicted molar refractivity (Wildman–Crippen MR) is 103 cm³/mol. The molecule has 0 fully saturated rings. The lowest BCUT2D eigenvalue weighted by Crippen LogP contribution is -2.16. The molecule has 0 spiro atoms. The number of rotatable bonds is 3. The number of aromatic hydroxyl groups is 1. The summed E-state index contributed by atoms with van der Waals surface area (Å²) in [7, 11) is 0. The summed E-state index contributed by atoms with van der Waals surface area (Å²) in [5.74, 6) is -1.35. The predicted octanol–water partition coefficient (Wildman–Crippen LogP) is 3.68. The van der Waals surface area contributed by atoms with Crippen molar-refractivity contribution in [2.45, 2.75) is 13.2 Å². The smallest absolute Gasteiger partial charge is 0.274 e. The minimum atomic E-state index is -0.743. The van der Waals surface area contributed by atoms with Gasteiger partial charge in [0.05, 0.1) is 23.9 Å². The van der Waals surface area contributed by atoms with Crippen LogP contribution < -0.4 is 5.32 Å². The van der Waals surface area contributed by atoms with E-state index in [0.29, 0.717) is 35.0 Å². The lowest BCUT2D eigenvalue weighted by atomic mass is 10.2. The highest BCUT2D eigenvalue weighted by molar-refractivity contribution is 7.71. The Morgan fingerprint density at radius 2 is 2.18 bits per heavy atom. The van der Waals surface area contributed by atoms with Crippen molar-refractivity contribution < 1.29 is 19.0 Å². The number of carbonyl (C=O) groups excluding carboxylic acids is 1. The van der Waals surface area contributed by atoms with Crippen LogP contribution in [0.4, 0.5) is 10.1 Å². The molecule has 0 aliphatic carbocycles. The number of pyridine rings is 1. The number of benzene rings is 1. The van der Waals surface area contributed by atoms with E-state index in [2.05, 4.69) is 10.3 Å². The van der Waals surface area contributed by atoms with E-state index >= 15 is 0 Å². The molecule has 0 radical (unpaired) electrons. The molecule has 2 aromatic heterocycles. The van der Waals surface area contributed by atoms with E-state index in [1.165, 1.54) is 22.8 Å². The van der Waals surface area contributed by atoms with Gasteiger partial charge >= 0.3 is 0 Å². The lowest BCUT2D eigenvalue weighted by molar-refractivity contribution is 0.0825. The molecule has 4 rings (SSSR count). The van der Waals surface area contributed by atoms with Gasteiger partial charge in [0.2, 0.25) is 11.8 Å². The molecule has 1 aromatic carbocycles. The van der Waals surface area contributed by atoms with Gasteiger partial charge in [0.15, 0.2) is 4.77 Å². The van der Waals surface area contributed by atoms with E-state index in [1.807, 2.05) is 0 Å². The van der Waals surface area contributed by atoms with Crippen molar-refractivity contribution in [2.24, 2.45) is 0 Å². The topological polar surface area (TPSA) is 81.3 Å². The Morgan fingerprint density at radius 3 is 2.89 bits per heavy atom. The number of halogens is 2. The van der Waals surface area contributed by atoms with Crippen molar-refractivity contribution in [1.29, 1.82) is 0 Å². The SMILES string of the molecule is O=C(Nc1ccc(-n2c(O)c3n(c2=S)CCOC3)c(Cl)c1)c1cccc(F)n1. The van der Waals surface area contributed by atoms with Crippen molar-refractivity contribution >= 4 is 35.4 Å². The van der Waals surface area contributed by atoms with Crippen LogP contribution in [0.25, 0.3) is 5.69 Å². The molecule has 0 atom stereocenters. The van der Waals surface area contributed by atoms with Crippen LogP contribution in [0.1, 0.15) is 16.2 Å². The number of amides is 1. The normalized spacial score (nSPS) is 13.2. The van der Waals surface area contributed by atoms with Gasteiger partial charge < -0.3 is 19.7 Å². The zero-order valence-corrected chi connectivity index (χ0v) is 15.9. The van der Waals surface area contributed by atoms with Crippen LogP contribution in [0, 0.1) is 10.7 Å². The second-order valence-corrected chi connectivity index (χ2v) is 6.83. The first-order valence-corrected chi connectivity index (χ1v) is 9.09. The fourth-order valence-electron chi connectivity index (χ4n) is 2.99. The highest BCUT2D eigenvalue weighted by atomic mass is 35.5. The highest BCUT2D eigenvalue weighted by Gasteiger charge is 2.22. The van der Waals surface area contributed by atoms with Gasteiger partial charge in [0, 0.05) is 12.2 Å². The number of anilines is 1. The zero-order chi connectivity index (χ0) is 19.8. The summed E-state index contributed by atoms with van der Waals surface area (Å²) < 4.78 is 22.2. The van der Waals surface area contributed by atoms with Crippen LogP contribution in [-0.2, 0) is 17.9 Å². The molecule has 1 aliphatic rings. The average Bonchev–Trinajstić information content (AvgIpc) is 2.93. The van der Waals surface area contributed by atoms with Gasteiger partial charge in [-0.1, -0.05) is 17.7 Å². The third kappa shape index (κ3) is 3.28. The first kappa shape index (κ1) is 18.6. The molecule has 144 valence electrons. The maximum Gasteiger partial charge on any atom is 0.274 e. The number of ether oxygens (including phenoxy) is 1. The lowest BCUT2D eigenvalue weighted by Gasteiger charge is -2.14. The number of nitrogens with zero attached hydrogens (tertiary/aromatic N) is 3. The fourth-order valence-corrected chi connectivity index (χ4v) is 3.64. The van der Waals surface area contributed by atoms with E-state index in [0.717, 1.165) is 6.07 Å². The number of aromatic nitrogens is 3. The van der Waals surface area contributed by atoms with Gasteiger partial charge in [-0.3, -0.25) is 9.36 Å². The molecule has 1 amide bonds. The Balaban J connectivity index is 1.65. The van der Waals surface area contributed by atoms with E-state index in [9.17, 15) is 14.3 Å². The number of fused-ring (bicyclic) bond motifs is 1. The summed E-state index contributed by atoms with van der Waals surface area (Å²) in [5, 5.41) is 13.4. The van der Waals surface area contributed by atoms with Crippen LogP contribution in [0.3, 0.4) is 0 Å². The maximum absolute atomic E-state index is 13.2. The van der Waals surface area contributed by atoms with Crippen LogP contribution in [0.5, 0.6) is 5.88 Å². The summed E-state index contributed by atoms with van der Waals surface area (Å²) in [4.78, 5) is 15.8. The van der Waals surface area contributed by atoms with Crippen molar-refractivity contribution in [3.8, 4) is 11.6 Å². The second kappa shape index (κ2) is 7.34. The van der Waals surface area contributed by atoms with Crippen molar-refractivity contribution in [2.75, 3.05) is 11.9 Å². The Labute approximate surface area is 169 Å². The number of hydrogen-bond acceptors (Lipinski definition) is 5. The standard InChI is InChI=1S/C18H14ClFN4O3S/c19-11-8-10(21-16(25)12-2-1-3-15(20)22-12)4-5-13(11)24-17(26)14-9-27-7-6-23(14)18(24)28/h1-5,8,26H,6-7,9H2,(H,21,25). The van der Waals surface area contributed by atoms with Crippen LogP contribution in [0.15, 0.2) is 36.4 Å². The Hall–Kier alpha value is -2.75. The van der Waals surface area contributed by atoms with Gasteiger partial charge in [-0.15, -0.1) is 0 Å². The molecule has 0 bridgehead atoms. The summed E-state index contributed by atoms with van der Waals surface area (Å²) in [6.07, 6.45) is 0. The zero-order valence-electron chi connectivity index (χ0n) is 14.4. The van der Waals surface area contributed by atoms with Gasteiger partial charge in [0.1, 0.15) is 11.4 Å². The third-order valence-electron chi connectivity index (χ3n) is 4.31. The summed E-state index contributed by atoms with van der Waals surface area (Å²) in [5.41, 5.74) is 1.39. The molecule has 0 saturated heterocycles. The first-order valence-electron chi connectivity index (χ1n) is 8.30. The van der Waals surface area contributed by atoms with E-state index < -0.39 is 11.9 Å². The molecule has 0 saturated carbocycles. The summed E-state index contributed by atoms with van der Waals surface area (Å²) in [6.45, 7) is 1.31. The number of hydrogen-bond donors (Lipinski definition) is 2.